The van der Waals surface area contributed by atoms with E-state index in [1.807, 2.05) is 37.3 Å². The Morgan fingerprint density at radius 1 is 1.23 bits per heavy atom. The topological polar surface area (TPSA) is 63.2 Å². The van der Waals surface area contributed by atoms with E-state index in [4.69, 9.17) is 4.74 Å². The summed E-state index contributed by atoms with van der Waals surface area (Å²) < 4.78 is 4.96. The van der Waals surface area contributed by atoms with Gasteiger partial charge in [0.2, 0.25) is 0 Å². The first-order chi connectivity index (χ1) is 10.7. The highest BCUT2D eigenvalue weighted by molar-refractivity contribution is 5.94. The Morgan fingerprint density at radius 2 is 2.00 bits per heavy atom. The minimum atomic E-state index is -0.132. The minimum Gasteiger partial charge on any atom is -0.383 e. The third-order valence-electron chi connectivity index (χ3n) is 3.29. The van der Waals surface area contributed by atoms with E-state index in [2.05, 4.69) is 15.6 Å². The van der Waals surface area contributed by atoms with E-state index in [1.165, 1.54) is 0 Å². The lowest BCUT2D eigenvalue weighted by Gasteiger charge is -2.14. The Balaban J connectivity index is 1.92. The lowest BCUT2D eigenvalue weighted by Crippen LogP contribution is -2.26. The van der Waals surface area contributed by atoms with Crippen molar-refractivity contribution in [1.82, 2.24) is 10.3 Å². The van der Waals surface area contributed by atoms with Crippen LogP contribution in [0.15, 0.2) is 48.7 Å². The molecule has 1 unspecified atom stereocenters. The van der Waals surface area contributed by atoms with Gasteiger partial charge in [-0.05, 0) is 24.6 Å². The minimum absolute atomic E-state index is 0.0480. The predicted molar refractivity (Wildman–Crippen MR) is 86.9 cm³/mol. The molecule has 0 fully saturated rings. The number of aromatic nitrogens is 1. The molecule has 22 heavy (non-hydrogen) atoms. The molecule has 2 rings (SSSR count). The summed E-state index contributed by atoms with van der Waals surface area (Å²) in [6.45, 7) is 3.25. The zero-order valence-electron chi connectivity index (χ0n) is 12.9. The Kier molecular flexibility index (Phi) is 5.91. The van der Waals surface area contributed by atoms with Gasteiger partial charge in [0.15, 0.2) is 0 Å². The van der Waals surface area contributed by atoms with Gasteiger partial charge in [0.05, 0.1) is 18.2 Å². The van der Waals surface area contributed by atoms with Crippen LogP contribution in [0, 0.1) is 0 Å². The molecular formula is C17H21N3O2. The van der Waals surface area contributed by atoms with E-state index in [0.29, 0.717) is 18.7 Å². The van der Waals surface area contributed by atoms with Gasteiger partial charge in [-0.25, -0.2) is 4.98 Å². The van der Waals surface area contributed by atoms with Crippen molar-refractivity contribution in [2.75, 3.05) is 25.6 Å². The largest absolute Gasteiger partial charge is 0.383 e. The average Bonchev–Trinajstić information content (AvgIpc) is 2.56. The smallest absolute Gasteiger partial charge is 0.253 e. The average molecular weight is 299 g/mol. The Labute approximate surface area is 130 Å². The molecular weight excluding hydrogens is 278 g/mol. The number of benzene rings is 1. The van der Waals surface area contributed by atoms with Crippen molar-refractivity contribution in [3.05, 3.63) is 59.8 Å². The van der Waals surface area contributed by atoms with Gasteiger partial charge in [0.25, 0.3) is 5.91 Å². The summed E-state index contributed by atoms with van der Waals surface area (Å²) in [5, 5.41) is 6.08. The second kappa shape index (κ2) is 8.14. The number of rotatable bonds is 7. The molecule has 0 saturated heterocycles. The molecule has 0 aliphatic rings. The molecule has 1 amide bonds. The third kappa shape index (κ3) is 4.56. The first-order valence-electron chi connectivity index (χ1n) is 7.25. The monoisotopic (exact) mass is 299 g/mol. The number of amides is 1. The summed E-state index contributed by atoms with van der Waals surface area (Å²) in [6.07, 6.45) is 1.57. The highest BCUT2D eigenvalue weighted by Crippen LogP contribution is 2.12. The summed E-state index contributed by atoms with van der Waals surface area (Å²) >= 11 is 0. The van der Waals surface area contributed by atoms with E-state index in [-0.39, 0.29) is 11.9 Å². The van der Waals surface area contributed by atoms with Crippen LogP contribution in [0.25, 0.3) is 0 Å². The van der Waals surface area contributed by atoms with Gasteiger partial charge in [0.1, 0.15) is 5.82 Å². The molecule has 116 valence electrons. The van der Waals surface area contributed by atoms with Crippen LogP contribution in [0.1, 0.15) is 28.9 Å². The second-order valence-electron chi connectivity index (χ2n) is 4.96. The molecule has 5 nitrogen and oxygen atoms in total. The Morgan fingerprint density at radius 3 is 2.64 bits per heavy atom. The van der Waals surface area contributed by atoms with E-state index in [1.54, 1.807) is 25.4 Å². The molecule has 0 aliphatic heterocycles. The highest BCUT2D eigenvalue weighted by Gasteiger charge is 2.11. The van der Waals surface area contributed by atoms with Crippen molar-refractivity contribution < 1.29 is 9.53 Å². The number of carbonyl (C=O) groups excluding carboxylic acids is 1. The van der Waals surface area contributed by atoms with Gasteiger partial charge in [-0.2, -0.15) is 0 Å². The number of nitrogens with one attached hydrogen (secondary N) is 2. The number of hydrogen-bond acceptors (Lipinski definition) is 4. The standard InChI is InChI=1S/C17H21N3O2/c1-13(14-6-4-3-5-7-14)20-17(21)15-8-9-16(19-12-15)18-10-11-22-2/h3-9,12-13H,10-11H2,1-2H3,(H,18,19)(H,20,21). The number of nitrogens with zero attached hydrogens (tertiary/aromatic N) is 1. The number of methoxy groups -OCH3 is 1. The quantitative estimate of drug-likeness (QED) is 0.772. The molecule has 1 atom stereocenters. The van der Waals surface area contributed by atoms with Gasteiger partial charge >= 0.3 is 0 Å². The summed E-state index contributed by atoms with van der Waals surface area (Å²) in [4.78, 5) is 16.4. The van der Waals surface area contributed by atoms with Crippen LogP contribution < -0.4 is 10.6 Å². The van der Waals surface area contributed by atoms with Crippen LogP contribution in [0.5, 0.6) is 0 Å². The third-order valence-corrected chi connectivity index (χ3v) is 3.29. The zero-order valence-corrected chi connectivity index (χ0v) is 12.9. The van der Waals surface area contributed by atoms with Crippen LogP contribution >= 0.6 is 0 Å². The molecule has 1 aromatic heterocycles. The van der Waals surface area contributed by atoms with Crippen LogP contribution in [0.2, 0.25) is 0 Å². The lowest BCUT2D eigenvalue weighted by atomic mass is 10.1. The zero-order chi connectivity index (χ0) is 15.8. The van der Waals surface area contributed by atoms with Gasteiger partial charge in [0, 0.05) is 19.9 Å². The molecule has 1 heterocycles. The molecule has 2 aromatic rings. The maximum atomic E-state index is 12.2. The number of pyridine rings is 1. The Hall–Kier alpha value is -2.40. The summed E-state index contributed by atoms with van der Waals surface area (Å²) in [7, 11) is 1.65. The number of anilines is 1. The maximum Gasteiger partial charge on any atom is 0.253 e. The highest BCUT2D eigenvalue weighted by atomic mass is 16.5. The van der Waals surface area contributed by atoms with Crippen molar-refractivity contribution >= 4 is 11.7 Å². The molecule has 0 radical (unpaired) electrons. The SMILES string of the molecule is COCCNc1ccc(C(=O)NC(C)c2ccccc2)cn1. The van der Waals surface area contributed by atoms with Crippen LogP contribution in [-0.4, -0.2) is 31.2 Å². The van der Waals surface area contributed by atoms with Crippen molar-refractivity contribution in [3.8, 4) is 0 Å². The van der Waals surface area contributed by atoms with Crippen LogP contribution in [0.3, 0.4) is 0 Å². The fourth-order valence-electron chi connectivity index (χ4n) is 2.02. The summed E-state index contributed by atoms with van der Waals surface area (Å²) in [5.41, 5.74) is 1.61. The van der Waals surface area contributed by atoms with E-state index in [9.17, 15) is 4.79 Å². The lowest BCUT2D eigenvalue weighted by molar-refractivity contribution is 0.0939. The number of ether oxygens (including phenoxy) is 1. The molecule has 0 saturated carbocycles. The van der Waals surface area contributed by atoms with Crippen molar-refractivity contribution in [3.63, 3.8) is 0 Å². The fraction of sp³-hybridized carbons (Fsp3) is 0.294. The molecule has 0 bridgehead atoms. The Bertz CT molecular complexity index is 585. The van der Waals surface area contributed by atoms with E-state index >= 15 is 0 Å². The van der Waals surface area contributed by atoms with E-state index in [0.717, 1.165) is 11.4 Å². The second-order valence-corrected chi connectivity index (χ2v) is 4.96. The van der Waals surface area contributed by atoms with Gasteiger partial charge in [-0.3, -0.25) is 4.79 Å². The molecule has 1 aromatic carbocycles. The van der Waals surface area contributed by atoms with Gasteiger partial charge in [-0.15, -0.1) is 0 Å². The van der Waals surface area contributed by atoms with Crippen molar-refractivity contribution in [1.29, 1.82) is 0 Å². The predicted octanol–water partition coefficient (Wildman–Crippen LogP) is 2.63. The van der Waals surface area contributed by atoms with Crippen LogP contribution in [-0.2, 0) is 4.74 Å². The number of carbonyl (C=O) groups is 1. The molecule has 2 N–H and O–H groups in total. The summed E-state index contributed by atoms with van der Waals surface area (Å²) in [5.74, 6) is 0.594. The summed E-state index contributed by atoms with van der Waals surface area (Å²) in [6, 6.07) is 13.4. The first-order valence-corrected chi connectivity index (χ1v) is 7.25. The van der Waals surface area contributed by atoms with E-state index < -0.39 is 0 Å². The van der Waals surface area contributed by atoms with Gasteiger partial charge < -0.3 is 15.4 Å². The number of hydrogen-bond donors (Lipinski definition) is 2. The molecule has 0 spiro atoms. The molecule has 5 heteroatoms. The fourth-order valence-corrected chi connectivity index (χ4v) is 2.02. The van der Waals surface area contributed by atoms with Gasteiger partial charge in [-0.1, -0.05) is 30.3 Å². The van der Waals surface area contributed by atoms with Crippen molar-refractivity contribution in [2.45, 2.75) is 13.0 Å². The van der Waals surface area contributed by atoms with Crippen molar-refractivity contribution in [2.24, 2.45) is 0 Å². The normalized spacial score (nSPS) is 11.7. The maximum absolute atomic E-state index is 12.2. The first kappa shape index (κ1) is 16.0. The van der Waals surface area contributed by atoms with Crippen LogP contribution in [0.4, 0.5) is 5.82 Å². The molecule has 0 aliphatic carbocycles.